The molecule has 3 rings (SSSR count). The summed E-state index contributed by atoms with van der Waals surface area (Å²) in [6.07, 6.45) is 0. The number of ketones is 1. The number of likely N-dealkylation sites (tertiary alicyclic amines) is 1. The number of amides is 1. The molecule has 0 bridgehead atoms. The van der Waals surface area contributed by atoms with Gasteiger partial charge in [0.1, 0.15) is 12.3 Å². The third-order valence-electron chi connectivity index (χ3n) is 4.01. The van der Waals surface area contributed by atoms with E-state index in [1.807, 2.05) is 12.1 Å². The zero-order valence-corrected chi connectivity index (χ0v) is 14.6. The van der Waals surface area contributed by atoms with Gasteiger partial charge in [0.25, 0.3) is 11.7 Å². The van der Waals surface area contributed by atoms with Gasteiger partial charge in [-0.05, 0) is 17.7 Å². The summed E-state index contributed by atoms with van der Waals surface area (Å²) < 4.78 is 0.827. The first-order chi connectivity index (χ1) is 12.0. The van der Waals surface area contributed by atoms with Crippen LogP contribution in [-0.4, -0.2) is 28.2 Å². The summed E-state index contributed by atoms with van der Waals surface area (Å²) in [4.78, 5) is 26.1. The lowest BCUT2D eigenvalue weighted by atomic mass is 9.95. The Balaban J connectivity index is 2.19. The highest BCUT2D eigenvalue weighted by Gasteiger charge is 2.45. The van der Waals surface area contributed by atoms with Crippen molar-refractivity contribution in [3.63, 3.8) is 0 Å². The highest BCUT2D eigenvalue weighted by molar-refractivity contribution is 9.10. The number of hydrogen-bond donors (Lipinski definition) is 1. The maximum absolute atomic E-state index is 12.5. The predicted octanol–water partition coefficient (Wildman–Crippen LogP) is 3.39. The average Bonchev–Trinajstić information content (AvgIpc) is 2.88. The van der Waals surface area contributed by atoms with Crippen molar-refractivity contribution < 1.29 is 14.7 Å². The number of benzene rings is 2. The van der Waals surface area contributed by atoms with Gasteiger partial charge in [0, 0.05) is 10.0 Å². The molecular weight excluding hydrogens is 384 g/mol. The fourth-order valence-electron chi connectivity index (χ4n) is 2.86. The Morgan fingerprint density at radius 1 is 1.12 bits per heavy atom. The summed E-state index contributed by atoms with van der Waals surface area (Å²) in [6, 6.07) is 16.8. The second kappa shape index (κ2) is 6.91. The SMILES string of the molecule is N#CCN1C(=O)C(=O)/C(=C(/O)c2ccc(Br)cc2)C1c1ccccc1. The number of nitriles is 1. The van der Waals surface area contributed by atoms with Gasteiger partial charge in [0.2, 0.25) is 0 Å². The number of Topliss-reactive ketones (excluding diaryl/α,β-unsaturated/α-hetero) is 1. The number of aliphatic hydroxyl groups excluding tert-OH is 1. The van der Waals surface area contributed by atoms with E-state index in [2.05, 4.69) is 15.9 Å². The van der Waals surface area contributed by atoms with Crippen LogP contribution >= 0.6 is 15.9 Å². The Kier molecular flexibility index (Phi) is 4.68. The van der Waals surface area contributed by atoms with E-state index in [0.717, 1.165) is 4.47 Å². The van der Waals surface area contributed by atoms with E-state index in [9.17, 15) is 14.7 Å². The van der Waals surface area contributed by atoms with E-state index < -0.39 is 17.7 Å². The molecule has 1 heterocycles. The maximum Gasteiger partial charge on any atom is 0.296 e. The van der Waals surface area contributed by atoms with Gasteiger partial charge in [-0.3, -0.25) is 9.59 Å². The van der Waals surface area contributed by atoms with Crippen LogP contribution in [0, 0.1) is 11.3 Å². The Morgan fingerprint density at radius 3 is 2.36 bits per heavy atom. The molecule has 0 radical (unpaired) electrons. The van der Waals surface area contributed by atoms with Crippen LogP contribution in [-0.2, 0) is 9.59 Å². The van der Waals surface area contributed by atoms with Crippen molar-refractivity contribution in [2.24, 2.45) is 0 Å². The molecule has 1 amide bonds. The zero-order chi connectivity index (χ0) is 18.0. The lowest BCUT2D eigenvalue weighted by Gasteiger charge is -2.22. The van der Waals surface area contributed by atoms with Crippen LogP contribution in [0.5, 0.6) is 0 Å². The lowest BCUT2D eigenvalue weighted by molar-refractivity contribution is -0.139. The van der Waals surface area contributed by atoms with Crippen molar-refractivity contribution in [2.75, 3.05) is 6.54 Å². The van der Waals surface area contributed by atoms with Gasteiger partial charge >= 0.3 is 0 Å². The Hall–Kier alpha value is -2.91. The van der Waals surface area contributed by atoms with Crippen LogP contribution in [0.4, 0.5) is 0 Å². The Morgan fingerprint density at radius 2 is 1.76 bits per heavy atom. The first-order valence-electron chi connectivity index (χ1n) is 7.51. The molecule has 1 aliphatic heterocycles. The minimum atomic E-state index is -0.788. The number of aliphatic hydroxyl groups is 1. The second-order valence-electron chi connectivity index (χ2n) is 5.50. The van der Waals surface area contributed by atoms with Crippen molar-refractivity contribution in [2.45, 2.75) is 6.04 Å². The van der Waals surface area contributed by atoms with E-state index in [1.165, 1.54) is 4.90 Å². The van der Waals surface area contributed by atoms with Crippen LogP contribution < -0.4 is 0 Å². The van der Waals surface area contributed by atoms with Crippen LogP contribution in [0.2, 0.25) is 0 Å². The number of carbonyl (C=O) groups excluding carboxylic acids is 2. The van der Waals surface area contributed by atoms with E-state index in [1.54, 1.807) is 48.5 Å². The molecule has 1 saturated heterocycles. The first-order valence-corrected chi connectivity index (χ1v) is 8.30. The van der Waals surface area contributed by atoms with Crippen molar-refractivity contribution in [1.29, 1.82) is 5.26 Å². The molecule has 0 aliphatic carbocycles. The number of rotatable bonds is 3. The van der Waals surface area contributed by atoms with Crippen molar-refractivity contribution in [1.82, 2.24) is 4.90 Å². The Labute approximate surface area is 152 Å². The number of carbonyl (C=O) groups is 2. The van der Waals surface area contributed by atoms with Gasteiger partial charge in [-0.15, -0.1) is 0 Å². The van der Waals surface area contributed by atoms with E-state index in [-0.39, 0.29) is 17.9 Å². The molecule has 1 N–H and O–H groups in total. The molecular formula is C19H13BrN2O3. The van der Waals surface area contributed by atoms with E-state index >= 15 is 0 Å². The summed E-state index contributed by atoms with van der Waals surface area (Å²) in [5.41, 5.74) is 1.09. The predicted molar refractivity (Wildman–Crippen MR) is 95.2 cm³/mol. The summed E-state index contributed by atoms with van der Waals surface area (Å²) in [5, 5.41) is 19.7. The highest BCUT2D eigenvalue weighted by Crippen LogP contribution is 2.39. The van der Waals surface area contributed by atoms with Gasteiger partial charge in [0.15, 0.2) is 0 Å². The van der Waals surface area contributed by atoms with Crippen LogP contribution in [0.1, 0.15) is 17.2 Å². The standard InChI is InChI=1S/C19H13BrN2O3/c20-14-8-6-13(7-9-14)17(23)15-16(12-4-2-1-3-5-12)22(11-10-21)19(25)18(15)24/h1-9,16,23H,11H2/b17-15+. The summed E-state index contributed by atoms with van der Waals surface area (Å²) in [7, 11) is 0. The molecule has 0 aromatic heterocycles. The second-order valence-corrected chi connectivity index (χ2v) is 6.42. The highest BCUT2D eigenvalue weighted by atomic mass is 79.9. The largest absolute Gasteiger partial charge is 0.507 e. The third kappa shape index (κ3) is 3.06. The van der Waals surface area contributed by atoms with E-state index in [0.29, 0.717) is 11.1 Å². The summed E-state index contributed by atoms with van der Waals surface area (Å²) in [6.45, 7) is -0.235. The quantitative estimate of drug-likeness (QED) is 0.373. The normalized spacial score (nSPS) is 19.0. The molecule has 2 aromatic carbocycles. The molecule has 1 unspecified atom stereocenters. The lowest BCUT2D eigenvalue weighted by Crippen LogP contribution is -2.29. The smallest absolute Gasteiger partial charge is 0.296 e. The number of halogens is 1. The van der Waals surface area contributed by atoms with Gasteiger partial charge < -0.3 is 10.0 Å². The molecule has 2 aromatic rings. The molecule has 1 fully saturated rings. The van der Waals surface area contributed by atoms with Crippen molar-refractivity contribution >= 4 is 33.4 Å². The van der Waals surface area contributed by atoms with E-state index in [4.69, 9.17) is 5.26 Å². The number of nitrogens with zero attached hydrogens (tertiary/aromatic N) is 2. The number of hydrogen-bond acceptors (Lipinski definition) is 4. The van der Waals surface area contributed by atoms with Gasteiger partial charge in [0.05, 0.1) is 17.7 Å². The summed E-state index contributed by atoms with van der Waals surface area (Å²) >= 11 is 3.32. The first kappa shape index (κ1) is 16.9. The van der Waals surface area contributed by atoms with Crippen LogP contribution in [0.25, 0.3) is 5.76 Å². The minimum absolute atomic E-state index is 0.00577. The molecule has 6 heteroatoms. The minimum Gasteiger partial charge on any atom is -0.507 e. The van der Waals surface area contributed by atoms with Gasteiger partial charge in [-0.1, -0.05) is 58.4 Å². The fraction of sp³-hybridized carbons (Fsp3) is 0.105. The fourth-order valence-corrected chi connectivity index (χ4v) is 3.13. The maximum atomic E-state index is 12.5. The molecule has 124 valence electrons. The van der Waals surface area contributed by atoms with Crippen molar-refractivity contribution in [3.05, 3.63) is 75.8 Å². The monoisotopic (exact) mass is 396 g/mol. The molecule has 0 saturated carbocycles. The molecule has 1 aliphatic rings. The molecule has 25 heavy (non-hydrogen) atoms. The summed E-state index contributed by atoms with van der Waals surface area (Å²) in [5.74, 6) is -1.82. The third-order valence-corrected chi connectivity index (χ3v) is 4.54. The molecule has 1 atom stereocenters. The van der Waals surface area contributed by atoms with Crippen molar-refractivity contribution in [3.8, 4) is 6.07 Å². The average molecular weight is 397 g/mol. The van der Waals surface area contributed by atoms with Crippen LogP contribution in [0.3, 0.4) is 0 Å². The Bertz CT molecular complexity index is 899. The zero-order valence-electron chi connectivity index (χ0n) is 13.0. The molecule has 5 nitrogen and oxygen atoms in total. The van der Waals surface area contributed by atoms with Gasteiger partial charge in [-0.2, -0.15) is 5.26 Å². The topological polar surface area (TPSA) is 81.4 Å². The van der Waals surface area contributed by atoms with Crippen LogP contribution in [0.15, 0.2) is 64.6 Å². The van der Waals surface area contributed by atoms with Gasteiger partial charge in [-0.25, -0.2) is 0 Å². The molecule has 0 spiro atoms.